The van der Waals surface area contributed by atoms with E-state index in [1.807, 2.05) is 0 Å². The molecule has 118 valence electrons. The minimum Gasteiger partial charge on any atom is -0.325 e. The van der Waals surface area contributed by atoms with Crippen molar-refractivity contribution >= 4 is 21.4 Å². The average Bonchev–Trinajstić information content (AvgIpc) is 2.34. The average molecular weight is 324 g/mol. The Morgan fingerprint density at radius 2 is 2.00 bits per heavy atom. The molecule has 5 nitrogen and oxygen atoms in total. The number of rotatable bonds is 5. The molecule has 1 rings (SSSR count). The number of hydrogen-bond donors (Lipinski definition) is 2. The van der Waals surface area contributed by atoms with Crippen molar-refractivity contribution in [2.75, 3.05) is 17.3 Å². The maximum atomic E-state index is 12.5. The van der Waals surface area contributed by atoms with Crippen LogP contribution in [0.25, 0.3) is 0 Å². The Bertz CT molecular complexity index is 614. The summed E-state index contributed by atoms with van der Waals surface area (Å²) in [7, 11) is -3.26. The van der Waals surface area contributed by atoms with Gasteiger partial charge in [0.25, 0.3) is 0 Å². The van der Waals surface area contributed by atoms with E-state index in [0.29, 0.717) is 0 Å². The van der Waals surface area contributed by atoms with E-state index in [0.717, 1.165) is 24.5 Å². The molecule has 0 aliphatic heterocycles. The van der Waals surface area contributed by atoms with E-state index in [1.54, 1.807) is 0 Å². The molecule has 0 aliphatic carbocycles. The van der Waals surface area contributed by atoms with Crippen LogP contribution >= 0.6 is 0 Å². The fraction of sp³-hybridized carbons (Fsp3) is 0.417. The van der Waals surface area contributed by atoms with Crippen molar-refractivity contribution in [3.63, 3.8) is 0 Å². The lowest BCUT2D eigenvalue weighted by molar-refractivity contribution is -0.137. The van der Waals surface area contributed by atoms with Crippen LogP contribution in [0, 0.1) is 0 Å². The minimum atomic E-state index is -4.51. The predicted molar refractivity (Wildman–Crippen MR) is 72.4 cm³/mol. The third kappa shape index (κ3) is 6.13. The van der Waals surface area contributed by atoms with Gasteiger partial charge in [0.05, 0.1) is 17.4 Å². The minimum absolute atomic E-state index is 0.0513. The molecule has 0 fully saturated rings. The van der Waals surface area contributed by atoms with Crippen LogP contribution in [-0.2, 0) is 20.8 Å². The van der Waals surface area contributed by atoms with Crippen LogP contribution < -0.4 is 11.1 Å². The molecule has 9 heteroatoms. The van der Waals surface area contributed by atoms with Gasteiger partial charge >= 0.3 is 6.18 Å². The molecular weight excluding hydrogens is 309 g/mol. The third-order valence-corrected chi connectivity index (χ3v) is 3.57. The number of anilines is 1. The van der Waals surface area contributed by atoms with Gasteiger partial charge in [-0.2, -0.15) is 13.2 Å². The normalized spacial score (nSPS) is 13.8. The Hall–Kier alpha value is -1.61. The van der Waals surface area contributed by atoms with Crippen molar-refractivity contribution in [1.29, 1.82) is 0 Å². The topological polar surface area (TPSA) is 89.3 Å². The summed E-state index contributed by atoms with van der Waals surface area (Å²) in [5, 5.41) is 2.23. The second kappa shape index (κ2) is 6.44. The zero-order valence-electron chi connectivity index (χ0n) is 11.1. The molecule has 0 aromatic heterocycles. The summed E-state index contributed by atoms with van der Waals surface area (Å²) >= 11 is 0. The number of benzene rings is 1. The van der Waals surface area contributed by atoms with E-state index in [4.69, 9.17) is 5.73 Å². The fourth-order valence-corrected chi connectivity index (χ4v) is 2.16. The molecule has 0 bridgehead atoms. The molecule has 0 saturated heterocycles. The van der Waals surface area contributed by atoms with Crippen molar-refractivity contribution in [2.45, 2.75) is 18.6 Å². The van der Waals surface area contributed by atoms with Gasteiger partial charge in [-0.15, -0.1) is 0 Å². The Morgan fingerprint density at radius 1 is 1.38 bits per heavy atom. The highest BCUT2D eigenvalue weighted by Crippen LogP contribution is 2.30. The first-order chi connectivity index (χ1) is 9.49. The summed E-state index contributed by atoms with van der Waals surface area (Å²) in [6.07, 6.45) is -3.62. The number of halogens is 3. The molecule has 0 saturated carbocycles. The molecular formula is C12H15F3N2O3S. The number of carbonyl (C=O) groups excluding carboxylic acids is 1. The molecule has 1 amide bonds. The van der Waals surface area contributed by atoms with Crippen LogP contribution in [0.5, 0.6) is 0 Å². The number of nitrogens with two attached hydrogens (primary N) is 1. The summed E-state index contributed by atoms with van der Waals surface area (Å²) in [5.74, 6) is -1.01. The molecule has 0 radical (unpaired) electrons. The number of hydrogen-bond acceptors (Lipinski definition) is 4. The van der Waals surface area contributed by atoms with Crippen LogP contribution in [-0.4, -0.2) is 32.4 Å². The smallest absolute Gasteiger partial charge is 0.325 e. The molecule has 0 heterocycles. The first-order valence-electron chi connectivity index (χ1n) is 5.90. The van der Waals surface area contributed by atoms with Crippen LogP contribution in [0.1, 0.15) is 12.0 Å². The lowest BCUT2D eigenvalue weighted by Gasteiger charge is -2.13. The zero-order chi connectivity index (χ0) is 16.3. The lowest BCUT2D eigenvalue weighted by atomic mass is 10.1. The van der Waals surface area contributed by atoms with Gasteiger partial charge in [0.15, 0.2) is 0 Å². The van der Waals surface area contributed by atoms with Crippen molar-refractivity contribution in [2.24, 2.45) is 5.73 Å². The zero-order valence-corrected chi connectivity index (χ0v) is 12.0. The van der Waals surface area contributed by atoms with Crippen LogP contribution in [0.3, 0.4) is 0 Å². The second-order valence-electron chi connectivity index (χ2n) is 4.59. The van der Waals surface area contributed by atoms with Gasteiger partial charge in [0, 0.05) is 11.9 Å². The maximum Gasteiger partial charge on any atom is 0.416 e. The number of nitrogens with one attached hydrogen (secondary N) is 1. The van der Waals surface area contributed by atoms with Gasteiger partial charge in [0.1, 0.15) is 9.84 Å². The molecule has 0 spiro atoms. The highest BCUT2D eigenvalue weighted by atomic mass is 32.2. The van der Waals surface area contributed by atoms with Gasteiger partial charge in [-0.05, 0) is 24.6 Å². The van der Waals surface area contributed by atoms with Crippen molar-refractivity contribution < 1.29 is 26.4 Å². The molecule has 21 heavy (non-hydrogen) atoms. The Balaban J connectivity index is 2.71. The lowest BCUT2D eigenvalue weighted by Crippen LogP contribution is -2.37. The Labute approximate surface area is 120 Å². The quantitative estimate of drug-likeness (QED) is 0.857. The SMILES string of the molecule is CS(=O)(=O)CCC(N)C(=O)Nc1cccc(C(F)(F)F)c1. The highest BCUT2D eigenvalue weighted by Gasteiger charge is 2.30. The van der Waals surface area contributed by atoms with E-state index in [-0.39, 0.29) is 17.9 Å². The molecule has 3 N–H and O–H groups in total. The first-order valence-corrected chi connectivity index (χ1v) is 7.96. The van der Waals surface area contributed by atoms with Gasteiger partial charge in [-0.25, -0.2) is 8.42 Å². The highest BCUT2D eigenvalue weighted by molar-refractivity contribution is 7.90. The summed E-state index contributed by atoms with van der Waals surface area (Å²) in [5.41, 5.74) is 4.55. The molecule has 1 unspecified atom stereocenters. The summed E-state index contributed by atoms with van der Waals surface area (Å²) < 4.78 is 59.5. The van der Waals surface area contributed by atoms with Gasteiger partial charge < -0.3 is 11.1 Å². The van der Waals surface area contributed by atoms with E-state index < -0.39 is 33.5 Å². The Kier molecular flexibility index (Phi) is 5.35. The number of carbonyl (C=O) groups is 1. The maximum absolute atomic E-state index is 12.5. The van der Waals surface area contributed by atoms with Crippen molar-refractivity contribution in [1.82, 2.24) is 0 Å². The summed E-state index contributed by atoms with van der Waals surface area (Å²) in [6.45, 7) is 0. The summed E-state index contributed by atoms with van der Waals surface area (Å²) in [4.78, 5) is 11.7. The number of sulfone groups is 1. The van der Waals surface area contributed by atoms with E-state index in [2.05, 4.69) is 5.32 Å². The molecule has 1 aromatic carbocycles. The van der Waals surface area contributed by atoms with Gasteiger partial charge in [-0.3, -0.25) is 4.79 Å². The van der Waals surface area contributed by atoms with E-state index >= 15 is 0 Å². The summed E-state index contributed by atoms with van der Waals surface area (Å²) in [6, 6.07) is 2.98. The van der Waals surface area contributed by atoms with E-state index in [1.165, 1.54) is 6.07 Å². The van der Waals surface area contributed by atoms with Gasteiger partial charge in [0.2, 0.25) is 5.91 Å². The number of alkyl halides is 3. The van der Waals surface area contributed by atoms with Crippen LogP contribution in [0.2, 0.25) is 0 Å². The fourth-order valence-electron chi connectivity index (χ4n) is 1.48. The van der Waals surface area contributed by atoms with Crippen molar-refractivity contribution in [3.8, 4) is 0 Å². The largest absolute Gasteiger partial charge is 0.416 e. The standard InChI is InChI=1S/C12H15F3N2O3S/c1-21(19,20)6-5-10(16)11(18)17-9-4-2-3-8(7-9)12(13,14)15/h2-4,7,10H,5-6,16H2,1H3,(H,17,18). The van der Waals surface area contributed by atoms with Crippen molar-refractivity contribution in [3.05, 3.63) is 29.8 Å². The second-order valence-corrected chi connectivity index (χ2v) is 6.85. The molecule has 1 aromatic rings. The Morgan fingerprint density at radius 3 is 2.52 bits per heavy atom. The molecule has 1 atom stereocenters. The van der Waals surface area contributed by atoms with Crippen LogP contribution in [0.15, 0.2) is 24.3 Å². The first kappa shape index (κ1) is 17.4. The van der Waals surface area contributed by atoms with E-state index in [9.17, 15) is 26.4 Å². The van der Waals surface area contributed by atoms with Gasteiger partial charge in [-0.1, -0.05) is 6.07 Å². The van der Waals surface area contributed by atoms with Crippen LogP contribution in [0.4, 0.5) is 18.9 Å². The third-order valence-electron chi connectivity index (χ3n) is 2.59. The number of amides is 1. The monoisotopic (exact) mass is 324 g/mol. The molecule has 0 aliphatic rings. The predicted octanol–water partition coefficient (Wildman–Crippen LogP) is 1.41.